The minimum atomic E-state index is -1.42. The van der Waals surface area contributed by atoms with Crippen molar-refractivity contribution in [3.05, 3.63) is 29.0 Å². The minimum Gasteiger partial charge on any atom is -0.484 e. The van der Waals surface area contributed by atoms with Gasteiger partial charge in [-0.05, 0) is 18.6 Å². The Morgan fingerprint density at radius 2 is 1.79 bits per heavy atom. The van der Waals surface area contributed by atoms with Crippen LogP contribution in [0.5, 0.6) is 5.75 Å². The Morgan fingerprint density at radius 3 is 2.29 bits per heavy atom. The van der Waals surface area contributed by atoms with Crippen molar-refractivity contribution in [3.63, 3.8) is 0 Å². The summed E-state index contributed by atoms with van der Waals surface area (Å²) in [6, 6.07) is 3.60. The van der Waals surface area contributed by atoms with Crippen molar-refractivity contribution >= 4 is 29.4 Å². The number of aliphatic carboxylic acids is 2. The minimum absolute atomic E-state index is 0.0167. The predicted octanol–water partition coefficient (Wildman–Crippen LogP) is 1.25. The highest BCUT2D eigenvalue weighted by molar-refractivity contribution is 6.30. The van der Waals surface area contributed by atoms with E-state index in [1.807, 2.05) is 0 Å². The first kappa shape index (κ1) is 16.5. The molecule has 1 aliphatic heterocycles. The summed E-state index contributed by atoms with van der Waals surface area (Å²) in [5, 5.41) is 18.5. The van der Waals surface area contributed by atoms with Gasteiger partial charge in [0.15, 0.2) is 6.61 Å². The van der Waals surface area contributed by atoms with Gasteiger partial charge in [-0.15, -0.1) is 0 Å². The zero-order chi connectivity index (χ0) is 17.7. The van der Waals surface area contributed by atoms with Crippen molar-refractivity contribution in [3.8, 4) is 5.75 Å². The number of carboxylic acid groups (broad SMARTS) is 2. The van der Waals surface area contributed by atoms with Crippen LogP contribution in [0.25, 0.3) is 0 Å². The fraction of sp³-hybridized carbons (Fsp3) is 0.400. The van der Waals surface area contributed by atoms with Crippen molar-refractivity contribution in [2.75, 3.05) is 19.7 Å². The molecule has 1 aliphatic carbocycles. The second kappa shape index (κ2) is 5.34. The van der Waals surface area contributed by atoms with Crippen LogP contribution in [0, 0.1) is 16.6 Å². The van der Waals surface area contributed by atoms with E-state index in [4.69, 9.17) is 16.3 Å². The number of benzene rings is 1. The van der Waals surface area contributed by atoms with Gasteiger partial charge >= 0.3 is 11.9 Å². The Kier molecular flexibility index (Phi) is 3.67. The Labute approximate surface area is 140 Å². The number of fused-ring (bicyclic) bond motifs is 1. The number of hydrogen-bond donors (Lipinski definition) is 2. The van der Waals surface area contributed by atoms with Crippen molar-refractivity contribution in [2.45, 2.75) is 6.42 Å². The zero-order valence-electron chi connectivity index (χ0n) is 12.3. The molecule has 0 radical (unpaired) electrons. The van der Waals surface area contributed by atoms with Gasteiger partial charge in [-0.3, -0.25) is 14.4 Å². The molecule has 0 aromatic heterocycles. The quantitative estimate of drug-likeness (QED) is 0.821. The third-order valence-corrected chi connectivity index (χ3v) is 5.03. The summed E-state index contributed by atoms with van der Waals surface area (Å²) in [7, 11) is 0. The van der Waals surface area contributed by atoms with Crippen molar-refractivity contribution in [1.29, 1.82) is 0 Å². The van der Waals surface area contributed by atoms with Crippen LogP contribution in [-0.2, 0) is 14.4 Å². The summed E-state index contributed by atoms with van der Waals surface area (Å²) in [6.45, 7) is -0.755. The molecular formula is C15H13ClFNO6. The standard InChI is InChI=1S/C15H13ClFNO6/c16-9-3-8(1-2-10(9)17)24-4-11(19)18-6-14(12(20)21)5-15(14,7-18)13(22)23/h1-3H,4-7H2,(H,20,21)(H,22,23)/t14-,15+. The highest BCUT2D eigenvalue weighted by Gasteiger charge is 2.81. The lowest BCUT2D eigenvalue weighted by Gasteiger charge is -2.20. The second-order valence-electron chi connectivity index (χ2n) is 6.07. The van der Waals surface area contributed by atoms with Gasteiger partial charge in [0.25, 0.3) is 5.91 Å². The second-order valence-corrected chi connectivity index (χ2v) is 6.47. The highest BCUT2D eigenvalue weighted by Crippen LogP contribution is 2.68. The number of nitrogens with zero attached hydrogens (tertiary/aromatic N) is 1. The molecule has 9 heteroatoms. The molecule has 3 rings (SSSR count). The largest absolute Gasteiger partial charge is 0.484 e. The molecule has 1 heterocycles. The molecule has 2 aliphatic rings. The maximum absolute atomic E-state index is 13.1. The molecule has 2 N–H and O–H groups in total. The summed E-state index contributed by atoms with van der Waals surface area (Å²) in [5.74, 6) is -3.41. The summed E-state index contributed by atoms with van der Waals surface area (Å²) >= 11 is 5.61. The third-order valence-electron chi connectivity index (χ3n) is 4.74. The smallest absolute Gasteiger partial charge is 0.312 e. The molecule has 128 valence electrons. The van der Waals surface area contributed by atoms with Crippen LogP contribution in [0.4, 0.5) is 4.39 Å². The molecule has 1 amide bonds. The normalized spacial score (nSPS) is 27.5. The molecule has 0 bridgehead atoms. The van der Waals surface area contributed by atoms with Crippen LogP contribution in [0.3, 0.4) is 0 Å². The Balaban J connectivity index is 1.66. The molecule has 1 saturated carbocycles. The molecular weight excluding hydrogens is 345 g/mol. The van der Waals surface area contributed by atoms with Gasteiger partial charge < -0.3 is 19.8 Å². The Hall–Kier alpha value is -2.35. The Morgan fingerprint density at radius 1 is 1.21 bits per heavy atom. The lowest BCUT2D eigenvalue weighted by Crippen LogP contribution is -2.37. The lowest BCUT2D eigenvalue weighted by atomic mass is 9.97. The molecule has 2 atom stereocenters. The average molecular weight is 358 g/mol. The summed E-state index contributed by atoms with van der Waals surface area (Å²) in [4.78, 5) is 36.2. The van der Waals surface area contributed by atoms with Crippen LogP contribution in [0.2, 0.25) is 5.02 Å². The molecule has 1 aromatic rings. The summed E-state index contributed by atoms with van der Waals surface area (Å²) < 4.78 is 18.3. The number of carboxylic acids is 2. The first-order valence-electron chi connectivity index (χ1n) is 7.04. The van der Waals surface area contributed by atoms with Gasteiger partial charge in [-0.2, -0.15) is 0 Å². The number of carbonyl (C=O) groups excluding carboxylic acids is 1. The van der Waals surface area contributed by atoms with E-state index in [2.05, 4.69) is 0 Å². The van der Waals surface area contributed by atoms with E-state index in [-0.39, 0.29) is 30.3 Å². The molecule has 1 saturated heterocycles. The van der Waals surface area contributed by atoms with Gasteiger partial charge in [-0.1, -0.05) is 11.6 Å². The molecule has 1 aromatic carbocycles. The topological polar surface area (TPSA) is 104 Å². The number of likely N-dealkylation sites (tertiary alicyclic amines) is 1. The first-order chi connectivity index (χ1) is 11.2. The molecule has 0 unspecified atom stereocenters. The van der Waals surface area contributed by atoms with Gasteiger partial charge in [0.1, 0.15) is 22.4 Å². The summed E-state index contributed by atoms with van der Waals surface area (Å²) in [5.41, 5.74) is -2.85. The molecule has 2 fully saturated rings. The van der Waals surface area contributed by atoms with Gasteiger partial charge in [0.2, 0.25) is 0 Å². The van der Waals surface area contributed by atoms with Crippen molar-refractivity contribution < 1.29 is 33.7 Å². The maximum Gasteiger partial charge on any atom is 0.312 e. The van der Waals surface area contributed by atoms with E-state index in [0.717, 1.165) is 6.07 Å². The molecule has 7 nitrogen and oxygen atoms in total. The van der Waals surface area contributed by atoms with E-state index in [0.29, 0.717) is 0 Å². The number of halogens is 2. The summed E-state index contributed by atoms with van der Waals surface area (Å²) in [6.07, 6.45) is 0.0167. The van der Waals surface area contributed by atoms with Crippen LogP contribution in [0.15, 0.2) is 18.2 Å². The first-order valence-corrected chi connectivity index (χ1v) is 7.42. The van der Waals surface area contributed by atoms with Crippen LogP contribution in [0.1, 0.15) is 6.42 Å². The van der Waals surface area contributed by atoms with E-state index in [9.17, 15) is 29.0 Å². The van der Waals surface area contributed by atoms with Crippen molar-refractivity contribution in [2.24, 2.45) is 10.8 Å². The lowest BCUT2D eigenvalue weighted by molar-refractivity contribution is -0.151. The van der Waals surface area contributed by atoms with E-state index >= 15 is 0 Å². The number of piperidine rings is 1. The number of hydrogen-bond acceptors (Lipinski definition) is 4. The third kappa shape index (κ3) is 2.29. The Bertz CT molecular complexity index is 727. The number of amides is 1. The fourth-order valence-electron chi connectivity index (χ4n) is 3.27. The number of carbonyl (C=O) groups is 3. The maximum atomic E-state index is 13.1. The van der Waals surface area contributed by atoms with Gasteiger partial charge in [0, 0.05) is 19.2 Å². The van der Waals surface area contributed by atoms with Crippen LogP contribution in [-0.4, -0.2) is 52.7 Å². The zero-order valence-corrected chi connectivity index (χ0v) is 13.0. The van der Waals surface area contributed by atoms with Crippen LogP contribution >= 0.6 is 11.6 Å². The van der Waals surface area contributed by atoms with E-state index < -0.39 is 41.1 Å². The van der Waals surface area contributed by atoms with Crippen LogP contribution < -0.4 is 4.74 Å². The predicted molar refractivity (Wildman–Crippen MR) is 78.2 cm³/mol. The average Bonchev–Trinajstić information content (AvgIpc) is 3.07. The molecule has 0 spiro atoms. The van der Waals surface area contributed by atoms with Gasteiger partial charge in [0.05, 0.1) is 5.02 Å². The fourth-order valence-corrected chi connectivity index (χ4v) is 3.44. The SMILES string of the molecule is O=C(COc1ccc(F)c(Cl)c1)N1C[C@@]2(C(=O)O)C[C@@]2(C(=O)O)C1. The molecule has 24 heavy (non-hydrogen) atoms. The number of ether oxygens (including phenoxy) is 1. The van der Waals surface area contributed by atoms with Crippen molar-refractivity contribution in [1.82, 2.24) is 4.90 Å². The van der Waals surface area contributed by atoms with Gasteiger partial charge in [-0.25, -0.2) is 4.39 Å². The number of rotatable bonds is 5. The van der Waals surface area contributed by atoms with E-state index in [1.54, 1.807) is 0 Å². The highest BCUT2D eigenvalue weighted by atomic mass is 35.5. The monoisotopic (exact) mass is 357 g/mol. The van der Waals surface area contributed by atoms with E-state index in [1.165, 1.54) is 17.0 Å².